The van der Waals surface area contributed by atoms with Crippen molar-refractivity contribution in [3.63, 3.8) is 0 Å². The SMILES string of the molecule is Cc1ccc(-c2cccc(F)c2)c(-c2cccc(F)c2)n1. The number of nitrogens with zero attached hydrogens (tertiary/aromatic N) is 1. The number of hydrogen-bond donors (Lipinski definition) is 0. The zero-order chi connectivity index (χ0) is 14.8. The highest BCUT2D eigenvalue weighted by Crippen LogP contribution is 2.31. The van der Waals surface area contributed by atoms with E-state index in [2.05, 4.69) is 4.98 Å². The van der Waals surface area contributed by atoms with Crippen molar-refractivity contribution in [2.45, 2.75) is 6.92 Å². The van der Waals surface area contributed by atoms with E-state index in [9.17, 15) is 8.78 Å². The van der Waals surface area contributed by atoms with Gasteiger partial charge in [-0.15, -0.1) is 0 Å². The minimum Gasteiger partial charge on any atom is -0.252 e. The van der Waals surface area contributed by atoms with Crippen LogP contribution in [0.15, 0.2) is 60.7 Å². The van der Waals surface area contributed by atoms with Gasteiger partial charge in [0.2, 0.25) is 0 Å². The molecule has 0 aliphatic rings. The molecule has 0 fully saturated rings. The van der Waals surface area contributed by atoms with E-state index in [1.54, 1.807) is 18.2 Å². The third-order valence-electron chi connectivity index (χ3n) is 3.27. The summed E-state index contributed by atoms with van der Waals surface area (Å²) in [4.78, 5) is 4.50. The quantitative estimate of drug-likeness (QED) is 0.644. The molecule has 0 amide bonds. The Balaban J connectivity index is 2.22. The number of pyridine rings is 1. The zero-order valence-electron chi connectivity index (χ0n) is 11.5. The van der Waals surface area contributed by atoms with Crippen molar-refractivity contribution in [3.05, 3.63) is 78.0 Å². The minimum absolute atomic E-state index is 0.307. The summed E-state index contributed by atoms with van der Waals surface area (Å²) < 4.78 is 26.9. The number of hydrogen-bond acceptors (Lipinski definition) is 1. The van der Waals surface area contributed by atoms with Gasteiger partial charge in [-0.2, -0.15) is 0 Å². The molecule has 1 heterocycles. The largest absolute Gasteiger partial charge is 0.252 e. The van der Waals surface area contributed by atoms with Gasteiger partial charge in [0.1, 0.15) is 11.6 Å². The topological polar surface area (TPSA) is 12.9 Å². The van der Waals surface area contributed by atoms with Crippen molar-refractivity contribution >= 4 is 0 Å². The number of aromatic nitrogens is 1. The number of halogens is 2. The molecule has 0 radical (unpaired) electrons. The fourth-order valence-electron chi connectivity index (χ4n) is 2.30. The molecule has 0 N–H and O–H groups in total. The van der Waals surface area contributed by atoms with E-state index in [0.29, 0.717) is 11.3 Å². The molecule has 1 nitrogen and oxygen atoms in total. The lowest BCUT2D eigenvalue weighted by Crippen LogP contribution is -1.93. The van der Waals surface area contributed by atoms with Crippen LogP contribution in [0.5, 0.6) is 0 Å². The second kappa shape index (κ2) is 5.44. The maximum atomic E-state index is 13.5. The van der Waals surface area contributed by atoms with E-state index in [1.165, 1.54) is 24.3 Å². The fraction of sp³-hybridized carbons (Fsp3) is 0.0556. The summed E-state index contributed by atoms with van der Waals surface area (Å²) >= 11 is 0. The van der Waals surface area contributed by atoms with Crippen molar-refractivity contribution in [2.24, 2.45) is 0 Å². The van der Waals surface area contributed by atoms with Crippen LogP contribution in [0.2, 0.25) is 0 Å². The first kappa shape index (κ1) is 13.4. The Morgan fingerprint density at radius 2 is 1.38 bits per heavy atom. The third kappa shape index (κ3) is 2.82. The van der Waals surface area contributed by atoms with Gasteiger partial charge >= 0.3 is 0 Å². The van der Waals surface area contributed by atoms with Crippen LogP contribution in [0.25, 0.3) is 22.4 Å². The Morgan fingerprint density at radius 1 is 0.762 bits per heavy atom. The molecule has 104 valence electrons. The molecule has 0 saturated carbocycles. The Hall–Kier alpha value is -2.55. The normalized spacial score (nSPS) is 10.6. The Kier molecular flexibility index (Phi) is 3.48. The molecule has 0 atom stereocenters. The lowest BCUT2D eigenvalue weighted by molar-refractivity contribution is 0.627. The van der Waals surface area contributed by atoms with Gasteiger partial charge in [0, 0.05) is 16.8 Å². The average molecular weight is 281 g/mol. The van der Waals surface area contributed by atoms with Gasteiger partial charge in [0.15, 0.2) is 0 Å². The lowest BCUT2D eigenvalue weighted by atomic mass is 9.99. The maximum absolute atomic E-state index is 13.5. The summed E-state index contributed by atoms with van der Waals surface area (Å²) in [6.45, 7) is 1.87. The van der Waals surface area contributed by atoms with Gasteiger partial charge in [0.25, 0.3) is 0 Å². The molecule has 0 unspecified atom stereocenters. The molecule has 3 aromatic rings. The molecule has 2 aromatic carbocycles. The standard InChI is InChI=1S/C18H13F2N/c1-12-8-9-17(13-4-2-6-15(19)10-13)18(21-12)14-5-3-7-16(20)11-14/h2-11H,1H3. The second-order valence-corrected chi connectivity index (χ2v) is 4.87. The van der Waals surface area contributed by atoms with Gasteiger partial charge in [0.05, 0.1) is 5.69 Å². The van der Waals surface area contributed by atoms with E-state index in [0.717, 1.165) is 16.8 Å². The summed E-state index contributed by atoms with van der Waals surface area (Å²) in [6, 6.07) is 16.3. The van der Waals surface area contributed by atoms with E-state index < -0.39 is 0 Å². The first-order valence-corrected chi connectivity index (χ1v) is 6.63. The predicted molar refractivity (Wildman–Crippen MR) is 79.8 cm³/mol. The van der Waals surface area contributed by atoms with Crippen LogP contribution in [-0.2, 0) is 0 Å². The van der Waals surface area contributed by atoms with Crippen LogP contribution in [0, 0.1) is 18.6 Å². The van der Waals surface area contributed by atoms with Crippen LogP contribution < -0.4 is 0 Å². The van der Waals surface area contributed by atoms with Crippen molar-refractivity contribution in [2.75, 3.05) is 0 Å². The summed E-state index contributed by atoms with van der Waals surface area (Å²) in [5, 5.41) is 0. The molecule has 0 aliphatic heterocycles. The van der Waals surface area contributed by atoms with Crippen LogP contribution in [0.3, 0.4) is 0 Å². The van der Waals surface area contributed by atoms with Gasteiger partial charge in [-0.05, 0) is 42.8 Å². The van der Waals surface area contributed by atoms with Crippen LogP contribution in [-0.4, -0.2) is 4.98 Å². The monoisotopic (exact) mass is 281 g/mol. The number of aryl methyl sites for hydroxylation is 1. The summed E-state index contributed by atoms with van der Waals surface area (Å²) in [5.41, 5.74) is 3.67. The predicted octanol–water partition coefficient (Wildman–Crippen LogP) is 5.00. The molecule has 0 bridgehead atoms. The third-order valence-corrected chi connectivity index (χ3v) is 3.27. The van der Waals surface area contributed by atoms with Gasteiger partial charge < -0.3 is 0 Å². The Bertz CT molecular complexity index is 797. The Labute approximate surface area is 121 Å². The minimum atomic E-state index is -0.319. The highest BCUT2D eigenvalue weighted by atomic mass is 19.1. The zero-order valence-corrected chi connectivity index (χ0v) is 11.5. The van der Waals surface area contributed by atoms with E-state index in [-0.39, 0.29) is 11.6 Å². The summed E-state index contributed by atoms with van der Waals surface area (Å²) in [7, 11) is 0. The van der Waals surface area contributed by atoms with Crippen LogP contribution >= 0.6 is 0 Å². The molecule has 0 spiro atoms. The van der Waals surface area contributed by atoms with E-state index in [1.807, 2.05) is 25.1 Å². The summed E-state index contributed by atoms with van der Waals surface area (Å²) in [5.74, 6) is -0.626. The Morgan fingerprint density at radius 3 is 2.05 bits per heavy atom. The molecule has 21 heavy (non-hydrogen) atoms. The van der Waals surface area contributed by atoms with E-state index >= 15 is 0 Å². The maximum Gasteiger partial charge on any atom is 0.123 e. The fourth-order valence-corrected chi connectivity index (χ4v) is 2.30. The smallest absolute Gasteiger partial charge is 0.123 e. The van der Waals surface area contributed by atoms with E-state index in [4.69, 9.17) is 0 Å². The van der Waals surface area contributed by atoms with Crippen molar-refractivity contribution in [3.8, 4) is 22.4 Å². The molecular weight excluding hydrogens is 268 g/mol. The van der Waals surface area contributed by atoms with Crippen molar-refractivity contribution in [1.29, 1.82) is 0 Å². The second-order valence-electron chi connectivity index (χ2n) is 4.87. The van der Waals surface area contributed by atoms with Gasteiger partial charge in [-0.3, -0.25) is 4.98 Å². The highest BCUT2D eigenvalue weighted by molar-refractivity contribution is 5.80. The summed E-state index contributed by atoms with van der Waals surface area (Å²) in [6.07, 6.45) is 0. The molecule has 0 aliphatic carbocycles. The van der Waals surface area contributed by atoms with Crippen LogP contribution in [0.4, 0.5) is 8.78 Å². The molecular formula is C18H13F2N. The molecule has 3 rings (SSSR count). The number of rotatable bonds is 2. The highest BCUT2D eigenvalue weighted by Gasteiger charge is 2.10. The average Bonchev–Trinajstić information content (AvgIpc) is 2.47. The lowest BCUT2D eigenvalue weighted by Gasteiger charge is -2.10. The first-order valence-electron chi connectivity index (χ1n) is 6.63. The molecule has 1 aromatic heterocycles. The van der Waals surface area contributed by atoms with Crippen molar-refractivity contribution < 1.29 is 8.78 Å². The number of benzene rings is 2. The van der Waals surface area contributed by atoms with Crippen LogP contribution in [0.1, 0.15) is 5.69 Å². The van der Waals surface area contributed by atoms with Gasteiger partial charge in [-0.25, -0.2) is 8.78 Å². The van der Waals surface area contributed by atoms with Crippen molar-refractivity contribution in [1.82, 2.24) is 4.98 Å². The first-order chi connectivity index (χ1) is 10.1. The van der Waals surface area contributed by atoms with Gasteiger partial charge in [-0.1, -0.05) is 30.3 Å². The molecule has 3 heteroatoms. The molecule has 0 saturated heterocycles.